The Bertz CT molecular complexity index is 411. The summed E-state index contributed by atoms with van der Waals surface area (Å²) >= 11 is 0. The summed E-state index contributed by atoms with van der Waals surface area (Å²) < 4.78 is 0. The third-order valence-electron chi connectivity index (χ3n) is 2.49. The van der Waals surface area contributed by atoms with Crippen LogP contribution in [0.3, 0.4) is 0 Å². The van der Waals surface area contributed by atoms with Crippen LogP contribution in [0.25, 0.3) is 0 Å². The van der Waals surface area contributed by atoms with Gasteiger partial charge in [-0.2, -0.15) is 0 Å². The number of hydrogen-bond acceptors (Lipinski definition) is 6. The van der Waals surface area contributed by atoms with E-state index >= 15 is 0 Å². The van der Waals surface area contributed by atoms with Crippen molar-refractivity contribution in [1.29, 1.82) is 0 Å². The van der Waals surface area contributed by atoms with Gasteiger partial charge < -0.3 is 31.7 Å². The molecule has 0 aliphatic carbocycles. The second-order valence-corrected chi connectivity index (χ2v) is 4.38. The quantitative estimate of drug-likeness (QED) is 0.265. The molecule has 10 nitrogen and oxygen atoms in total. The third-order valence-corrected chi connectivity index (χ3v) is 2.49. The van der Waals surface area contributed by atoms with Gasteiger partial charge in [0, 0.05) is 6.42 Å². The van der Waals surface area contributed by atoms with Crippen LogP contribution in [0.5, 0.6) is 0 Å². The van der Waals surface area contributed by atoms with E-state index in [1.807, 2.05) is 5.32 Å². The number of aliphatic hydroxyl groups excluding tert-OH is 1. The zero-order chi connectivity index (χ0) is 16.6. The minimum atomic E-state index is -1.49. The molecule has 0 aliphatic rings. The molecule has 3 atom stereocenters. The van der Waals surface area contributed by atoms with Crippen molar-refractivity contribution in [2.75, 3.05) is 6.54 Å². The van der Waals surface area contributed by atoms with E-state index in [4.69, 9.17) is 21.1 Å². The lowest BCUT2D eigenvalue weighted by molar-refractivity contribution is -0.144. The number of carboxylic acid groups (broad SMARTS) is 2. The van der Waals surface area contributed by atoms with Crippen molar-refractivity contribution in [2.24, 2.45) is 5.73 Å². The summed E-state index contributed by atoms with van der Waals surface area (Å²) in [5.74, 6) is -4.06. The number of carboxylic acids is 2. The van der Waals surface area contributed by atoms with Crippen LogP contribution in [0.1, 0.15) is 19.8 Å². The first kappa shape index (κ1) is 18.8. The molecule has 0 fully saturated rings. The normalized spacial score (nSPS) is 14.6. The van der Waals surface area contributed by atoms with Crippen LogP contribution in [0.15, 0.2) is 0 Å². The van der Waals surface area contributed by atoms with Crippen LogP contribution in [0.2, 0.25) is 0 Å². The number of carbonyl (C=O) groups is 4. The molecule has 21 heavy (non-hydrogen) atoms. The van der Waals surface area contributed by atoms with Gasteiger partial charge in [0.2, 0.25) is 11.8 Å². The summed E-state index contributed by atoms with van der Waals surface area (Å²) in [6.45, 7) is 0.662. The maximum absolute atomic E-state index is 11.4. The van der Waals surface area contributed by atoms with Crippen molar-refractivity contribution in [3.05, 3.63) is 0 Å². The number of carbonyl (C=O) groups excluding carboxylic acids is 2. The predicted octanol–water partition coefficient (Wildman–Crippen LogP) is -2.76. The average molecular weight is 305 g/mol. The summed E-state index contributed by atoms with van der Waals surface area (Å²) in [7, 11) is 0. The number of nitrogens with one attached hydrogen (secondary N) is 2. The fourth-order valence-corrected chi connectivity index (χ4v) is 1.32. The second-order valence-electron chi connectivity index (χ2n) is 4.38. The maximum atomic E-state index is 11.4. The molecule has 0 heterocycles. The maximum Gasteiger partial charge on any atom is 0.328 e. The van der Waals surface area contributed by atoms with Gasteiger partial charge in [0.15, 0.2) is 6.04 Å². The Hall–Kier alpha value is -2.20. The number of rotatable bonds is 9. The molecule has 10 heteroatoms. The SMILES string of the molecule is C[C@@H](O)[C@H](NC(=O)CNC(=O)[C@@H](N)CCC(=O)O)C(=O)O. The summed E-state index contributed by atoms with van der Waals surface area (Å²) in [6, 6.07) is -2.57. The van der Waals surface area contributed by atoms with Gasteiger partial charge >= 0.3 is 11.9 Å². The van der Waals surface area contributed by atoms with Crippen molar-refractivity contribution < 1.29 is 34.5 Å². The minimum Gasteiger partial charge on any atom is -0.481 e. The van der Waals surface area contributed by atoms with Gasteiger partial charge in [-0.3, -0.25) is 14.4 Å². The molecule has 0 aliphatic heterocycles. The first-order chi connectivity index (χ1) is 9.65. The first-order valence-corrected chi connectivity index (χ1v) is 6.10. The number of aliphatic hydroxyl groups is 1. The fraction of sp³-hybridized carbons (Fsp3) is 0.636. The van der Waals surface area contributed by atoms with Crippen LogP contribution in [-0.2, 0) is 19.2 Å². The van der Waals surface area contributed by atoms with E-state index in [0.717, 1.165) is 0 Å². The molecule has 0 bridgehead atoms. The van der Waals surface area contributed by atoms with E-state index in [1.165, 1.54) is 6.92 Å². The van der Waals surface area contributed by atoms with Gasteiger partial charge in [0.25, 0.3) is 0 Å². The largest absolute Gasteiger partial charge is 0.481 e. The Balaban J connectivity index is 4.20. The van der Waals surface area contributed by atoms with Crippen LogP contribution in [-0.4, -0.2) is 63.8 Å². The predicted molar refractivity (Wildman–Crippen MR) is 69.1 cm³/mol. The highest BCUT2D eigenvalue weighted by Gasteiger charge is 2.25. The van der Waals surface area contributed by atoms with Crippen LogP contribution < -0.4 is 16.4 Å². The molecular formula is C11H19N3O7. The molecule has 0 saturated carbocycles. The smallest absolute Gasteiger partial charge is 0.328 e. The fourth-order valence-electron chi connectivity index (χ4n) is 1.32. The van der Waals surface area contributed by atoms with Gasteiger partial charge in [-0.1, -0.05) is 0 Å². The van der Waals surface area contributed by atoms with Gasteiger partial charge in [0.1, 0.15) is 0 Å². The summed E-state index contributed by atoms with van der Waals surface area (Å²) in [4.78, 5) is 43.9. The lowest BCUT2D eigenvalue weighted by Crippen LogP contribution is -2.51. The third kappa shape index (κ3) is 7.84. The number of aliphatic carboxylic acids is 2. The molecule has 0 radical (unpaired) electrons. The van der Waals surface area contributed by atoms with E-state index in [0.29, 0.717) is 0 Å². The number of nitrogens with two attached hydrogens (primary N) is 1. The van der Waals surface area contributed by atoms with Crippen molar-refractivity contribution in [3.63, 3.8) is 0 Å². The molecule has 0 aromatic rings. The Labute approximate surface area is 120 Å². The lowest BCUT2D eigenvalue weighted by atomic mass is 10.1. The van der Waals surface area contributed by atoms with Crippen LogP contribution in [0, 0.1) is 0 Å². The van der Waals surface area contributed by atoms with Crippen molar-refractivity contribution in [2.45, 2.75) is 38.0 Å². The second kappa shape index (κ2) is 8.87. The summed E-state index contributed by atoms with van der Waals surface area (Å²) in [5, 5.41) is 30.5. The molecule has 0 rings (SSSR count). The van der Waals surface area contributed by atoms with E-state index in [1.54, 1.807) is 0 Å². The molecule has 0 unspecified atom stereocenters. The van der Waals surface area contributed by atoms with Gasteiger partial charge in [-0.05, 0) is 13.3 Å². The molecular weight excluding hydrogens is 286 g/mol. The zero-order valence-electron chi connectivity index (χ0n) is 11.4. The summed E-state index contributed by atoms with van der Waals surface area (Å²) in [5.41, 5.74) is 5.41. The van der Waals surface area contributed by atoms with Gasteiger partial charge in [-0.25, -0.2) is 4.79 Å². The van der Waals surface area contributed by atoms with Crippen LogP contribution in [0.4, 0.5) is 0 Å². The Kier molecular flexibility index (Phi) is 7.94. The molecule has 0 spiro atoms. The number of amides is 2. The Morgan fingerprint density at radius 3 is 2.19 bits per heavy atom. The van der Waals surface area contributed by atoms with Crippen molar-refractivity contribution in [1.82, 2.24) is 10.6 Å². The van der Waals surface area contributed by atoms with Crippen LogP contribution >= 0.6 is 0 Å². The highest BCUT2D eigenvalue weighted by atomic mass is 16.4. The summed E-state index contributed by atoms with van der Waals surface area (Å²) in [6.07, 6.45) is -1.68. The van der Waals surface area contributed by atoms with Crippen molar-refractivity contribution in [3.8, 4) is 0 Å². The Morgan fingerprint density at radius 2 is 1.76 bits per heavy atom. The molecule has 0 aromatic carbocycles. The molecule has 0 saturated heterocycles. The Morgan fingerprint density at radius 1 is 1.19 bits per heavy atom. The molecule has 2 amide bonds. The van der Waals surface area contributed by atoms with Crippen molar-refractivity contribution >= 4 is 23.8 Å². The highest BCUT2D eigenvalue weighted by molar-refractivity contribution is 5.89. The lowest BCUT2D eigenvalue weighted by Gasteiger charge is -2.17. The molecule has 120 valence electrons. The monoisotopic (exact) mass is 305 g/mol. The number of hydrogen-bond donors (Lipinski definition) is 6. The van der Waals surface area contributed by atoms with Gasteiger partial charge in [-0.15, -0.1) is 0 Å². The van der Waals surface area contributed by atoms with E-state index in [-0.39, 0.29) is 12.8 Å². The van der Waals surface area contributed by atoms with E-state index in [2.05, 4.69) is 5.32 Å². The zero-order valence-corrected chi connectivity index (χ0v) is 11.4. The highest BCUT2D eigenvalue weighted by Crippen LogP contribution is 1.95. The molecule has 7 N–H and O–H groups in total. The average Bonchev–Trinajstić information content (AvgIpc) is 2.38. The molecule has 0 aromatic heterocycles. The first-order valence-electron chi connectivity index (χ1n) is 6.10. The van der Waals surface area contributed by atoms with E-state index < -0.39 is 48.5 Å². The minimum absolute atomic E-state index is 0.0891. The van der Waals surface area contributed by atoms with E-state index in [9.17, 15) is 19.2 Å². The van der Waals surface area contributed by atoms with Gasteiger partial charge in [0.05, 0.1) is 18.7 Å². The standard InChI is InChI=1S/C11H19N3O7/c1-5(15)9(11(20)21)14-7(16)4-13-10(19)6(12)2-3-8(17)18/h5-6,9,15H,2-4,12H2,1H3,(H,13,19)(H,14,16)(H,17,18)(H,20,21)/t5-,6+,9+/m1/s1. The topological polar surface area (TPSA) is 179 Å².